The molecule has 2 aliphatic rings. The molecule has 3 rings (SSSR count). The van der Waals surface area contributed by atoms with Crippen LogP contribution in [0.1, 0.15) is 42.1 Å². The van der Waals surface area contributed by atoms with Crippen LogP contribution in [0.4, 0.5) is 5.69 Å². The summed E-state index contributed by atoms with van der Waals surface area (Å²) in [6.07, 6.45) is 2.32. The predicted molar refractivity (Wildman–Crippen MR) is 83.9 cm³/mol. The molecule has 0 unspecified atom stereocenters. The van der Waals surface area contributed by atoms with Gasteiger partial charge in [-0.15, -0.1) is 0 Å². The summed E-state index contributed by atoms with van der Waals surface area (Å²) in [5.74, 6) is 0.151. The molecule has 2 heterocycles. The third-order valence-electron chi connectivity index (χ3n) is 4.58. The molecule has 118 valence electrons. The van der Waals surface area contributed by atoms with Gasteiger partial charge in [-0.25, -0.2) is 0 Å². The van der Waals surface area contributed by atoms with E-state index in [1.807, 2.05) is 25.1 Å². The first-order valence-electron chi connectivity index (χ1n) is 8.00. The van der Waals surface area contributed by atoms with E-state index >= 15 is 0 Å². The van der Waals surface area contributed by atoms with Crippen LogP contribution in [0.25, 0.3) is 0 Å². The first kappa shape index (κ1) is 15.0. The van der Waals surface area contributed by atoms with Crippen LogP contribution in [0.5, 0.6) is 0 Å². The zero-order valence-electron chi connectivity index (χ0n) is 12.9. The molecule has 22 heavy (non-hydrogen) atoms. The summed E-state index contributed by atoms with van der Waals surface area (Å²) in [6, 6.07) is 5.63. The fourth-order valence-corrected chi connectivity index (χ4v) is 3.24. The van der Waals surface area contributed by atoms with Gasteiger partial charge in [-0.1, -0.05) is 6.92 Å². The van der Waals surface area contributed by atoms with Crippen LogP contribution in [-0.4, -0.2) is 47.6 Å². The molecular formula is C17H22N2O3. The van der Waals surface area contributed by atoms with E-state index in [0.29, 0.717) is 44.5 Å². The molecule has 5 nitrogen and oxygen atoms in total. The largest absolute Gasteiger partial charge is 0.393 e. The highest BCUT2D eigenvalue weighted by Crippen LogP contribution is 2.30. The van der Waals surface area contributed by atoms with Crippen LogP contribution in [0, 0.1) is 0 Å². The summed E-state index contributed by atoms with van der Waals surface area (Å²) in [4.78, 5) is 28.1. The smallest absolute Gasteiger partial charge is 0.253 e. The summed E-state index contributed by atoms with van der Waals surface area (Å²) in [5.41, 5.74) is 2.70. The van der Waals surface area contributed by atoms with Crippen LogP contribution in [0.15, 0.2) is 18.2 Å². The minimum absolute atomic E-state index is 0.0231. The maximum absolute atomic E-state index is 12.5. The lowest BCUT2D eigenvalue weighted by molar-refractivity contribution is -0.118. The van der Waals surface area contributed by atoms with Gasteiger partial charge in [0, 0.05) is 37.3 Å². The molecule has 1 fully saturated rings. The number of piperidine rings is 1. The van der Waals surface area contributed by atoms with Gasteiger partial charge in [-0.2, -0.15) is 0 Å². The van der Waals surface area contributed by atoms with E-state index in [9.17, 15) is 14.7 Å². The van der Waals surface area contributed by atoms with Crippen molar-refractivity contribution in [3.8, 4) is 0 Å². The molecule has 0 saturated carbocycles. The Morgan fingerprint density at radius 3 is 2.64 bits per heavy atom. The lowest BCUT2D eigenvalue weighted by Gasteiger charge is -2.29. The standard InChI is InChI=1S/C17H22N2O3/c1-2-16(21)19-10-5-12-11-13(3-4-15(12)19)17(22)18-8-6-14(20)7-9-18/h3-4,11,14,20H,2,5-10H2,1H3. The summed E-state index contributed by atoms with van der Waals surface area (Å²) < 4.78 is 0. The van der Waals surface area contributed by atoms with Crippen LogP contribution in [0.3, 0.4) is 0 Å². The quantitative estimate of drug-likeness (QED) is 0.902. The molecular weight excluding hydrogens is 280 g/mol. The first-order chi connectivity index (χ1) is 10.6. The highest BCUT2D eigenvalue weighted by molar-refractivity contribution is 5.98. The van der Waals surface area contributed by atoms with E-state index in [2.05, 4.69) is 0 Å². The highest BCUT2D eigenvalue weighted by Gasteiger charge is 2.26. The van der Waals surface area contributed by atoms with E-state index in [1.165, 1.54) is 0 Å². The van der Waals surface area contributed by atoms with Crippen LogP contribution in [0.2, 0.25) is 0 Å². The zero-order valence-corrected chi connectivity index (χ0v) is 12.9. The number of aliphatic hydroxyl groups excluding tert-OH is 1. The Bertz CT molecular complexity index is 592. The number of carbonyl (C=O) groups excluding carboxylic acids is 2. The van der Waals surface area contributed by atoms with E-state index in [0.717, 1.165) is 17.7 Å². The van der Waals surface area contributed by atoms with Crippen molar-refractivity contribution in [1.82, 2.24) is 4.90 Å². The Hall–Kier alpha value is -1.88. The molecule has 2 aliphatic heterocycles. The monoisotopic (exact) mass is 302 g/mol. The van der Waals surface area contributed by atoms with Gasteiger partial charge in [0.05, 0.1) is 6.10 Å². The highest BCUT2D eigenvalue weighted by atomic mass is 16.3. The molecule has 1 N–H and O–H groups in total. The predicted octanol–water partition coefficient (Wildman–Crippen LogP) is 1.58. The number of benzene rings is 1. The summed E-state index contributed by atoms with van der Waals surface area (Å²) in [7, 11) is 0. The van der Waals surface area contributed by atoms with E-state index < -0.39 is 0 Å². The number of anilines is 1. The van der Waals surface area contributed by atoms with Crippen LogP contribution in [-0.2, 0) is 11.2 Å². The normalized spacial score (nSPS) is 18.5. The number of amides is 2. The number of likely N-dealkylation sites (tertiary alicyclic amines) is 1. The van der Waals surface area contributed by atoms with Gasteiger partial charge in [-0.05, 0) is 43.0 Å². The van der Waals surface area contributed by atoms with Crippen LogP contribution >= 0.6 is 0 Å². The molecule has 2 amide bonds. The Labute approximate surface area is 130 Å². The van der Waals surface area contributed by atoms with Gasteiger partial charge in [-0.3, -0.25) is 9.59 Å². The van der Waals surface area contributed by atoms with Gasteiger partial charge in [0.15, 0.2) is 0 Å². The second kappa shape index (κ2) is 6.08. The summed E-state index contributed by atoms with van der Waals surface area (Å²) in [6.45, 7) is 3.79. The Kier molecular flexibility index (Phi) is 4.16. The SMILES string of the molecule is CCC(=O)N1CCc2cc(C(=O)N3CCC(O)CC3)ccc21. The average molecular weight is 302 g/mol. The van der Waals surface area contributed by atoms with E-state index in [4.69, 9.17) is 0 Å². The molecule has 1 aromatic carbocycles. The lowest BCUT2D eigenvalue weighted by Crippen LogP contribution is -2.40. The summed E-state index contributed by atoms with van der Waals surface area (Å²) in [5, 5.41) is 9.54. The van der Waals surface area contributed by atoms with Crippen molar-refractivity contribution in [2.75, 3.05) is 24.5 Å². The topological polar surface area (TPSA) is 60.9 Å². The molecule has 0 atom stereocenters. The van der Waals surface area contributed by atoms with Gasteiger partial charge >= 0.3 is 0 Å². The van der Waals surface area contributed by atoms with Gasteiger partial charge in [0.1, 0.15) is 0 Å². The maximum Gasteiger partial charge on any atom is 0.253 e. The van der Waals surface area contributed by atoms with E-state index in [-0.39, 0.29) is 17.9 Å². The summed E-state index contributed by atoms with van der Waals surface area (Å²) >= 11 is 0. The fourth-order valence-electron chi connectivity index (χ4n) is 3.24. The van der Waals surface area contributed by atoms with Crippen molar-refractivity contribution < 1.29 is 14.7 Å². The van der Waals surface area contributed by atoms with E-state index in [1.54, 1.807) is 9.80 Å². The van der Waals surface area contributed by atoms with Crippen LogP contribution < -0.4 is 4.90 Å². The van der Waals surface area contributed by atoms with Crippen molar-refractivity contribution in [2.45, 2.75) is 38.7 Å². The van der Waals surface area contributed by atoms with Crippen molar-refractivity contribution in [1.29, 1.82) is 0 Å². The molecule has 0 radical (unpaired) electrons. The van der Waals surface area contributed by atoms with Gasteiger partial charge in [0.2, 0.25) is 5.91 Å². The molecule has 0 bridgehead atoms. The Morgan fingerprint density at radius 1 is 1.23 bits per heavy atom. The number of fused-ring (bicyclic) bond motifs is 1. The Morgan fingerprint density at radius 2 is 1.95 bits per heavy atom. The van der Waals surface area contributed by atoms with Gasteiger partial charge < -0.3 is 14.9 Å². The van der Waals surface area contributed by atoms with Crippen molar-refractivity contribution >= 4 is 17.5 Å². The number of aliphatic hydroxyl groups is 1. The first-order valence-corrected chi connectivity index (χ1v) is 8.00. The van der Waals surface area contributed by atoms with Crippen molar-refractivity contribution in [3.63, 3.8) is 0 Å². The molecule has 0 spiro atoms. The number of carbonyl (C=O) groups is 2. The van der Waals surface area contributed by atoms with Crippen molar-refractivity contribution in [2.24, 2.45) is 0 Å². The second-order valence-electron chi connectivity index (χ2n) is 6.02. The average Bonchev–Trinajstić information content (AvgIpc) is 2.97. The van der Waals surface area contributed by atoms with Gasteiger partial charge in [0.25, 0.3) is 5.91 Å². The minimum Gasteiger partial charge on any atom is -0.393 e. The van der Waals surface area contributed by atoms with Crippen molar-refractivity contribution in [3.05, 3.63) is 29.3 Å². The molecule has 5 heteroatoms. The number of hydrogen-bond acceptors (Lipinski definition) is 3. The molecule has 1 aromatic rings. The minimum atomic E-state index is -0.280. The zero-order chi connectivity index (χ0) is 15.7. The number of rotatable bonds is 2. The third-order valence-corrected chi connectivity index (χ3v) is 4.58. The molecule has 1 saturated heterocycles. The fraction of sp³-hybridized carbons (Fsp3) is 0.529. The second-order valence-corrected chi connectivity index (χ2v) is 6.02. The molecule has 0 aliphatic carbocycles. The molecule has 0 aromatic heterocycles. The Balaban J connectivity index is 1.77. The number of nitrogens with zero attached hydrogens (tertiary/aromatic N) is 2. The number of hydrogen-bond donors (Lipinski definition) is 1. The maximum atomic E-state index is 12.5. The third kappa shape index (κ3) is 2.73. The lowest BCUT2D eigenvalue weighted by atomic mass is 10.0.